The standard InChI is InChI=1S/C39H45NO6/c1-2-25-40(26-32(41)28-45-38-19-11-9-17-34(38)36(43)23-21-30-13-5-3-6-14-30)27-33(42)29-46-39-20-12-10-18-35(39)37(44)24-22-31-15-7-4-8-16-31/h3-20,32-33,41-42H,2,21-29H2,1H3/t32-,33-/m1/s1. The molecule has 0 amide bonds. The molecule has 0 saturated heterocycles. The minimum atomic E-state index is -0.838. The molecule has 0 unspecified atom stereocenters. The number of hydrogen-bond acceptors (Lipinski definition) is 7. The topological polar surface area (TPSA) is 96.3 Å². The molecule has 0 radical (unpaired) electrons. The zero-order valence-corrected chi connectivity index (χ0v) is 26.6. The van der Waals surface area contributed by atoms with Crippen LogP contribution in [0.2, 0.25) is 0 Å². The number of nitrogens with zero attached hydrogens (tertiary/aromatic N) is 1. The number of aliphatic hydroxyl groups excluding tert-OH is 2. The van der Waals surface area contributed by atoms with Crippen LogP contribution in [0.1, 0.15) is 58.0 Å². The van der Waals surface area contributed by atoms with Crippen LogP contribution in [0.3, 0.4) is 0 Å². The highest BCUT2D eigenvalue weighted by molar-refractivity contribution is 5.99. The van der Waals surface area contributed by atoms with Crippen LogP contribution in [-0.4, -0.2) is 71.7 Å². The first-order chi connectivity index (χ1) is 22.4. The highest BCUT2D eigenvalue weighted by Gasteiger charge is 2.19. The molecule has 7 heteroatoms. The summed E-state index contributed by atoms with van der Waals surface area (Å²) in [6.45, 7) is 3.28. The van der Waals surface area contributed by atoms with Gasteiger partial charge in [-0.1, -0.05) is 91.9 Å². The molecule has 242 valence electrons. The van der Waals surface area contributed by atoms with E-state index in [1.807, 2.05) is 96.8 Å². The lowest BCUT2D eigenvalue weighted by Crippen LogP contribution is -2.42. The third kappa shape index (κ3) is 11.2. The van der Waals surface area contributed by atoms with Gasteiger partial charge in [-0.05, 0) is 61.2 Å². The Morgan fingerprint density at radius 1 is 0.609 bits per heavy atom. The first-order valence-corrected chi connectivity index (χ1v) is 16.1. The van der Waals surface area contributed by atoms with Crippen LogP contribution in [0, 0.1) is 0 Å². The van der Waals surface area contributed by atoms with E-state index < -0.39 is 12.2 Å². The van der Waals surface area contributed by atoms with E-state index in [1.165, 1.54) is 0 Å². The second-order valence-corrected chi connectivity index (χ2v) is 11.5. The highest BCUT2D eigenvalue weighted by Crippen LogP contribution is 2.22. The fourth-order valence-corrected chi connectivity index (χ4v) is 5.37. The number of aliphatic hydroxyl groups is 2. The lowest BCUT2D eigenvalue weighted by atomic mass is 10.0. The maximum Gasteiger partial charge on any atom is 0.166 e. The van der Waals surface area contributed by atoms with Gasteiger partial charge in [-0.25, -0.2) is 0 Å². The van der Waals surface area contributed by atoms with Crippen LogP contribution in [0.4, 0.5) is 0 Å². The zero-order valence-electron chi connectivity index (χ0n) is 26.6. The summed E-state index contributed by atoms with van der Waals surface area (Å²) in [5, 5.41) is 21.7. The van der Waals surface area contributed by atoms with Gasteiger partial charge in [0, 0.05) is 25.9 Å². The number of ketones is 2. The third-order valence-corrected chi connectivity index (χ3v) is 7.68. The fraction of sp³-hybridized carbons (Fsp3) is 0.333. The van der Waals surface area contributed by atoms with Crippen LogP contribution in [0.25, 0.3) is 0 Å². The summed E-state index contributed by atoms with van der Waals surface area (Å²) < 4.78 is 11.9. The molecular formula is C39H45NO6. The normalized spacial score (nSPS) is 12.4. The van der Waals surface area contributed by atoms with E-state index >= 15 is 0 Å². The average Bonchev–Trinajstić information content (AvgIpc) is 3.09. The first kappa shape index (κ1) is 34.6. The fourth-order valence-electron chi connectivity index (χ4n) is 5.37. The number of aryl methyl sites for hydroxylation is 2. The van der Waals surface area contributed by atoms with Crippen LogP contribution in [0.15, 0.2) is 109 Å². The van der Waals surface area contributed by atoms with Gasteiger partial charge in [-0.15, -0.1) is 0 Å². The molecule has 0 aliphatic carbocycles. The Morgan fingerprint density at radius 3 is 1.41 bits per heavy atom. The van der Waals surface area contributed by atoms with Gasteiger partial charge in [-0.3, -0.25) is 14.5 Å². The van der Waals surface area contributed by atoms with Gasteiger partial charge in [0.05, 0.1) is 11.1 Å². The van der Waals surface area contributed by atoms with Crippen LogP contribution in [0.5, 0.6) is 11.5 Å². The van der Waals surface area contributed by atoms with E-state index in [-0.39, 0.29) is 37.9 Å². The molecule has 0 aliphatic rings. The van der Waals surface area contributed by atoms with E-state index in [0.717, 1.165) is 17.5 Å². The Hall–Kier alpha value is -4.30. The third-order valence-electron chi connectivity index (χ3n) is 7.68. The quantitative estimate of drug-likeness (QED) is 0.113. The number of para-hydroxylation sites is 2. The minimum absolute atomic E-state index is 0.00819. The van der Waals surface area contributed by atoms with Crippen molar-refractivity contribution in [2.24, 2.45) is 0 Å². The van der Waals surface area contributed by atoms with E-state index in [1.54, 1.807) is 24.3 Å². The Morgan fingerprint density at radius 2 is 1.00 bits per heavy atom. The second-order valence-electron chi connectivity index (χ2n) is 11.5. The predicted octanol–water partition coefficient (Wildman–Crippen LogP) is 6.21. The molecule has 46 heavy (non-hydrogen) atoms. The van der Waals surface area contributed by atoms with Crippen LogP contribution < -0.4 is 9.47 Å². The highest BCUT2D eigenvalue weighted by atomic mass is 16.5. The molecule has 2 atom stereocenters. The molecular weight excluding hydrogens is 578 g/mol. The number of carbonyl (C=O) groups excluding carboxylic acids is 2. The number of hydrogen-bond donors (Lipinski definition) is 2. The maximum absolute atomic E-state index is 13.0. The Bertz CT molecular complexity index is 1380. The van der Waals surface area contributed by atoms with Gasteiger partial charge in [0.15, 0.2) is 11.6 Å². The van der Waals surface area contributed by atoms with Crippen molar-refractivity contribution in [3.63, 3.8) is 0 Å². The lowest BCUT2D eigenvalue weighted by molar-refractivity contribution is 0.0310. The summed E-state index contributed by atoms with van der Waals surface area (Å²) in [6.07, 6.45) is 1.17. The number of rotatable bonds is 20. The second kappa shape index (κ2) is 18.6. The largest absolute Gasteiger partial charge is 0.490 e. The zero-order chi connectivity index (χ0) is 32.6. The van der Waals surface area contributed by atoms with Gasteiger partial charge >= 0.3 is 0 Å². The Kier molecular flexibility index (Phi) is 14.0. The van der Waals surface area contributed by atoms with E-state index in [9.17, 15) is 19.8 Å². The maximum atomic E-state index is 13.0. The molecule has 4 rings (SSSR count). The van der Waals surface area contributed by atoms with Crippen LogP contribution >= 0.6 is 0 Å². The van der Waals surface area contributed by atoms with Crippen molar-refractivity contribution in [1.82, 2.24) is 4.90 Å². The summed E-state index contributed by atoms with van der Waals surface area (Å²) >= 11 is 0. The molecule has 0 bridgehead atoms. The molecule has 0 aromatic heterocycles. The smallest absolute Gasteiger partial charge is 0.166 e. The van der Waals surface area contributed by atoms with Gasteiger partial charge in [0.2, 0.25) is 0 Å². The van der Waals surface area contributed by atoms with E-state index in [2.05, 4.69) is 0 Å². The lowest BCUT2D eigenvalue weighted by Gasteiger charge is -2.27. The molecule has 0 aliphatic heterocycles. The molecule has 0 spiro atoms. The van der Waals surface area contributed by atoms with Gasteiger partial charge in [0.25, 0.3) is 0 Å². The summed E-state index contributed by atoms with van der Waals surface area (Å²) in [5.41, 5.74) is 3.21. The molecule has 4 aromatic carbocycles. The molecule has 0 saturated carbocycles. The molecule has 2 N–H and O–H groups in total. The summed E-state index contributed by atoms with van der Waals surface area (Å²) in [6, 6.07) is 34.0. The van der Waals surface area contributed by atoms with Gasteiger partial charge in [-0.2, -0.15) is 0 Å². The monoisotopic (exact) mass is 623 g/mol. The minimum Gasteiger partial charge on any atom is -0.490 e. The summed E-state index contributed by atoms with van der Waals surface area (Å²) in [5.74, 6) is 0.882. The summed E-state index contributed by atoms with van der Waals surface area (Å²) in [7, 11) is 0. The Labute approximate surface area is 272 Å². The van der Waals surface area contributed by atoms with Crippen molar-refractivity contribution in [1.29, 1.82) is 0 Å². The molecule has 4 aromatic rings. The summed E-state index contributed by atoms with van der Waals surface area (Å²) in [4.78, 5) is 27.9. The molecule has 0 heterocycles. The average molecular weight is 624 g/mol. The van der Waals surface area contributed by atoms with Crippen LogP contribution in [-0.2, 0) is 12.8 Å². The molecule has 0 fully saturated rings. The van der Waals surface area contributed by atoms with Crippen molar-refractivity contribution >= 4 is 11.6 Å². The number of benzene rings is 4. The predicted molar refractivity (Wildman–Crippen MR) is 181 cm³/mol. The number of ether oxygens (including phenoxy) is 2. The van der Waals surface area contributed by atoms with Crippen molar-refractivity contribution in [3.05, 3.63) is 131 Å². The first-order valence-electron chi connectivity index (χ1n) is 16.1. The van der Waals surface area contributed by atoms with Gasteiger partial charge in [0.1, 0.15) is 36.9 Å². The van der Waals surface area contributed by atoms with Crippen molar-refractivity contribution in [3.8, 4) is 11.5 Å². The van der Waals surface area contributed by atoms with Crippen molar-refractivity contribution in [2.75, 3.05) is 32.8 Å². The van der Waals surface area contributed by atoms with E-state index in [0.29, 0.717) is 54.9 Å². The number of carbonyl (C=O) groups is 2. The van der Waals surface area contributed by atoms with Crippen molar-refractivity contribution < 1.29 is 29.3 Å². The Balaban J connectivity index is 1.25. The van der Waals surface area contributed by atoms with Crippen molar-refractivity contribution in [2.45, 2.75) is 51.2 Å². The SMILES string of the molecule is CCCN(C[C@@H](O)COc1ccccc1C(=O)CCc1ccccc1)C[C@@H](O)COc1ccccc1C(=O)CCc1ccccc1. The van der Waals surface area contributed by atoms with Gasteiger partial charge < -0.3 is 19.7 Å². The number of Topliss-reactive ketones (excluding diaryl/α,β-unsaturated/α-hetero) is 2. The van der Waals surface area contributed by atoms with E-state index in [4.69, 9.17) is 9.47 Å². The molecule has 7 nitrogen and oxygen atoms in total.